The Kier molecular flexibility index (Phi) is 5.90. The number of rotatable bonds is 5. The van der Waals surface area contributed by atoms with E-state index in [4.69, 9.17) is 0 Å². The zero-order chi connectivity index (χ0) is 21.3. The van der Waals surface area contributed by atoms with Crippen molar-refractivity contribution in [3.63, 3.8) is 0 Å². The first kappa shape index (κ1) is 21.0. The van der Waals surface area contributed by atoms with Gasteiger partial charge in [-0.15, -0.1) is 0 Å². The number of hydrogen-bond acceptors (Lipinski definition) is 6. The third kappa shape index (κ3) is 3.99. The Balaban J connectivity index is 1.70. The number of imidazole rings is 1. The van der Waals surface area contributed by atoms with Crippen molar-refractivity contribution >= 4 is 15.7 Å². The van der Waals surface area contributed by atoms with E-state index in [-0.39, 0.29) is 16.5 Å². The maximum atomic E-state index is 13.0. The van der Waals surface area contributed by atoms with Crippen LogP contribution in [0.15, 0.2) is 35.5 Å². The SMILES string of the molecule is CN1CCN(S(=O)(=O)c2ccc(-n3ccnc3C3CCCCC3)c([N+](=O)[O-])c2)CC1. The van der Waals surface area contributed by atoms with Crippen LogP contribution in [0.3, 0.4) is 0 Å². The first-order valence-electron chi connectivity index (χ1n) is 10.4. The molecule has 2 aliphatic rings. The van der Waals surface area contributed by atoms with Crippen molar-refractivity contribution in [1.82, 2.24) is 18.8 Å². The van der Waals surface area contributed by atoms with Gasteiger partial charge in [-0.05, 0) is 32.0 Å². The Labute approximate surface area is 176 Å². The molecule has 0 bridgehead atoms. The third-order valence-electron chi connectivity index (χ3n) is 6.14. The number of likely N-dealkylation sites (N-methyl/N-ethyl adjacent to an activating group) is 1. The van der Waals surface area contributed by atoms with Gasteiger partial charge in [0.15, 0.2) is 0 Å². The fourth-order valence-corrected chi connectivity index (χ4v) is 5.82. The van der Waals surface area contributed by atoms with E-state index in [1.807, 2.05) is 7.05 Å². The minimum Gasteiger partial charge on any atom is -0.304 e. The molecule has 1 aliphatic carbocycles. The predicted octanol–water partition coefficient (Wildman–Crippen LogP) is 2.76. The molecule has 1 aromatic heterocycles. The minimum atomic E-state index is -3.78. The highest BCUT2D eigenvalue weighted by molar-refractivity contribution is 7.89. The van der Waals surface area contributed by atoms with Crippen LogP contribution in [0.25, 0.3) is 5.69 Å². The maximum absolute atomic E-state index is 13.0. The van der Waals surface area contributed by atoms with E-state index in [0.29, 0.717) is 31.9 Å². The number of aromatic nitrogens is 2. The fraction of sp³-hybridized carbons (Fsp3) is 0.550. The van der Waals surface area contributed by atoms with Crippen LogP contribution < -0.4 is 0 Å². The van der Waals surface area contributed by atoms with Crippen molar-refractivity contribution in [3.8, 4) is 5.69 Å². The summed E-state index contributed by atoms with van der Waals surface area (Å²) >= 11 is 0. The summed E-state index contributed by atoms with van der Waals surface area (Å²) in [5.74, 6) is 1.08. The molecule has 1 saturated heterocycles. The molecular formula is C20H27N5O4S. The second kappa shape index (κ2) is 8.44. The largest absolute Gasteiger partial charge is 0.304 e. The molecular weight excluding hydrogens is 406 g/mol. The second-order valence-corrected chi connectivity index (χ2v) is 10.0. The van der Waals surface area contributed by atoms with Crippen LogP contribution in [0, 0.1) is 10.1 Å². The standard InChI is InChI=1S/C20H27N5O4S/c1-22-11-13-23(14-12-22)30(28,29)17-7-8-18(19(15-17)25(26)27)24-10-9-21-20(24)16-5-3-2-4-6-16/h7-10,15-16H,2-6,11-14H2,1H3. The minimum absolute atomic E-state index is 0.0400. The van der Waals surface area contributed by atoms with Gasteiger partial charge in [0.2, 0.25) is 10.0 Å². The van der Waals surface area contributed by atoms with E-state index in [1.165, 1.54) is 28.9 Å². The molecule has 30 heavy (non-hydrogen) atoms. The van der Waals surface area contributed by atoms with Gasteiger partial charge in [0, 0.05) is 50.6 Å². The van der Waals surface area contributed by atoms with Crippen LogP contribution in [0.1, 0.15) is 43.8 Å². The summed E-state index contributed by atoms with van der Waals surface area (Å²) in [5, 5.41) is 11.9. The van der Waals surface area contributed by atoms with Gasteiger partial charge in [-0.3, -0.25) is 14.7 Å². The number of nitrogens with zero attached hydrogens (tertiary/aromatic N) is 5. The van der Waals surface area contributed by atoms with Crippen molar-refractivity contribution in [2.45, 2.75) is 42.9 Å². The average molecular weight is 434 g/mol. The lowest BCUT2D eigenvalue weighted by atomic mass is 9.88. The number of nitro benzene ring substituents is 1. The van der Waals surface area contributed by atoms with Crippen molar-refractivity contribution in [2.75, 3.05) is 33.2 Å². The number of sulfonamides is 1. The highest BCUT2D eigenvalue weighted by Gasteiger charge is 2.31. The molecule has 2 aromatic rings. The van der Waals surface area contributed by atoms with Gasteiger partial charge < -0.3 is 4.90 Å². The molecule has 0 unspecified atom stereocenters. The lowest BCUT2D eigenvalue weighted by Crippen LogP contribution is -2.47. The van der Waals surface area contributed by atoms with E-state index in [0.717, 1.165) is 31.5 Å². The van der Waals surface area contributed by atoms with Crippen molar-refractivity contribution < 1.29 is 13.3 Å². The number of nitro groups is 1. The quantitative estimate of drug-likeness (QED) is 0.531. The molecule has 10 heteroatoms. The molecule has 0 N–H and O–H groups in total. The fourth-order valence-electron chi connectivity index (χ4n) is 4.37. The van der Waals surface area contributed by atoms with Crippen molar-refractivity contribution in [3.05, 3.63) is 46.5 Å². The Bertz CT molecular complexity index is 1020. The Hall–Kier alpha value is -2.30. The molecule has 9 nitrogen and oxygen atoms in total. The second-order valence-electron chi connectivity index (χ2n) is 8.11. The summed E-state index contributed by atoms with van der Waals surface area (Å²) < 4.78 is 29.2. The van der Waals surface area contributed by atoms with E-state index in [1.54, 1.807) is 17.0 Å². The van der Waals surface area contributed by atoms with Gasteiger partial charge in [-0.1, -0.05) is 19.3 Å². The van der Waals surface area contributed by atoms with E-state index >= 15 is 0 Å². The average Bonchev–Trinajstić information content (AvgIpc) is 3.24. The summed E-state index contributed by atoms with van der Waals surface area (Å²) in [6, 6.07) is 4.20. The summed E-state index contributed by atoms with van der Waals surface area (Å²) in [6.45, 7) is 2.03. The molecule has 0 spiro atoms. The van der Waals surface area contributed by atoms with Crippen LogP contribution >= 0.6 is 0 Å². The van der Waals surface area contributed by atoms with Gasteiger partial charge in [0.1, 0.15) is 11.5 Å². The molecule has 1 aromatic carbocycles. The highest BCUT2D eigenvalue weighted by Crippen LogP contribution is 2.35. The van der Waals surface area contributed by atoms with E-state index < -0.39 is 14.9 Å². The molecule has 0 radical (unpaired) electrons. The summed E-state index contributed by atoms with van der Waals surface area (Å²) in [5.41, 5.74) is 0.135. The van der Waals surface area contributed by atoms with Crippen LogP contribution in [0.5, 0.6) is 0 Å². The summed E-state index contributed by atoms with van der Waals surface area (Å²) in [7, 11) is -1.84. The van der Waals surface area contributed by atoms with Crippen molar-refractivity contribution in [2.24, 2.45) is 0 Å². The van der Waals surface area contributed by atoms with Gasteiger partial charge in [-0.25, -0.2) is 13.4 Å². The normalized spacial score (nSPS) is 19.8. The molecule has 0 amide bonds. The monoisotopic (exact) mass is 433 g/mol. The van der Waals surface area contributed by atoms with Crippen LogP contribution in [0.4, 0.5) is 5.69 Å². The molecule has 1 aliphatic heterocycles. The lowest BCUT2D eigenvalue weighted by Gasteiger charge is -2.31. The smallest absolute Gasteiger partial charge is 0.294 e. The van der Waals surface area contributed by atoms with Gasteiger partial charge in [0.05, 0.1) is 9.82 Å². The molecule has 4 rings (SSSR count). The lowest BCUT2D eigenvalue weighted by molar-refractivity contribution is -0.384. The van der Waals surface area contributed by atoms with Gasteiger partial charge in [0.25, 0.3) is 5.69 Å². The Morgan fingerprint density at radius 2 is 1.80 bits per heavy atom. The number of benzene rings is 1. The van der Waals surface area contributed by atoms with Gasteiger partial charge in [-0.2, -0.15) is 4.31 Å². The van der Waals surface area contributed by atoms with Crippen LogP contribution in [0.2, 0.25) is 0 Å². The zero-order valence-corrected chi connectivity index (χ0v) is 17.9. The number of piperazine rings is 1. The zero-order valence-electron chi connectivity index (χ0n) is 17.1. The van der Waals surface area contributed by atoms with Gasteiger partial charge >= 0.3 is 0 Å². The highest BCUT2D eigenvalue weighted by atomic mass is 32.2. The van der Waals surface area contributed by atoms with E-state index in [9.17, 15) is 18.5 Å². The maximum Gasteiger partial charge on any atom is 0.294 e. The molecule has 2 heterocycles. The third-order valence-corrected chi connectivity index (χ3v) is 8.04. The predicted molar refractivity (Wildman–Crippen MR) is 112 cm³/mol. The first-order chi connectivity index (χ1) is 14.4. The van der Waals surface area contributed by atoms with Crippen LogP contribution in [-0.2, 0) is 10.0 Å². The first-order valence-corrected chi connectivity index (χ1v) is 11.8. The molecule has 1 saturated carbocycles. The van der Waals surface area contributed by atoms with Crippen molar-refractivity contribution in [1.29, 1.82) is 0 Å². The number of hydrogen-bond donors (Lipinski definition) is 0. The van der Waals surface area contributed by atoms with E-state index in [2.05, 4.69) is 9.88 Å². The molecule has 162 valence electrons. The summed E-state index contributed by atoms with van der Waals surface area (Å²) in [4.78, 5) is 17.8. The molecule has 2 fully saturated rings. The van der Waals surface area contributed by atoms with Crippen LogP contribution in [-0.4, -0.2) is 65.3 Å². The molecule has 0 atom stereocenters. The Morgan fingerprint density at radius 3 is 2.47 bits per heavy atom. The topological polar surface area (TPSA) is 102 Å². The Morgan fingerprint density at radius 1 is 1.10 bits per heavy atom. The summed E-state index contributed by atoms with van der Waals surface area (Å²) in [6.07, 6.45) is 8.87.